The molecular weight excluding hydrogens is 526 g/mol. The van der Waals surface area contributed by atoms with Gasteiger partial charge < -0.3 is 19.3 Å². The number of aromatic nitrogens is 2. The number of nitrogens with zero attached hydrogens (tertiary/aromatic N) is 3. The van der Waals surface area contributed by atoms with Crippen molar-refractivity contribution >= 4 is 17.9 Å². The molecule has 10 heteroatoms. The Labute approximate surface area is 241 Å². The minimum absolute atomic E-state index is 0.0160. The fourth-order valence-corrected chi connectivity index (χ4v) is 3.79. The van der Waals surface area contributed by atoms with Gasteiger partial charge in [-0.3, -0.25) is 29.3 Å². The summed E-state index contributed by atoms with van der Waals surface area (Å²) >= 11 is 0. The fourth-order valence-electron chi connectivity index (χ4n) is 3.79. The van der Waals surface area contributed by atoms with Crippen LogP contribution < -0.4 is 0 Å². The van der Waals surface area contributed by atoms with E-state index in [1.54, 1.807) is 62.9 Å². The van der Waals surface area contributed by atoms with Crippen LogP contribution in [0.3, 0.4) is 0 Å². The standard InChI is InChI=1S/C21H26N2O4.C10H13NO3/c1-4-26-20(24)15-19(17-10-12-22-13-11-17)27-21(25)18(23(2)3)14-16-8-6-5-7-9-16;1-2-14-10(13)7-9(12)8-3-5-11-6-4-8/h5-13,18-19H,4,14-15H2,1-3H3;3-6,9,12H,2,7H2,1H3/t18-,19-;/m0./s1. The maximum Gasteiger partial charge on any atom is 0.324 e. The van der Waals surface area contributed by atoms with Crippen molar-refractivity contribution in [3.8, 4) is 0 Å². The van der Waals surface area contributed by atoms with Gasteiger partial charge in [0, 0.05) is 24.8 Å². The first-order valence-electron chi connectivity index (χ1n) is 13.4. The largest absolute Gasteiger partial charge is 0.466 e. The van der Waals surface area contributed by atoms with Gasteiger partial charge in [-0.15, -0.1) is 0 Å². The average molecular weight is 566 g/mol. The molecule has 0 amide bonds. The maximum atomic E-state index is 12.9. The van der Waals surface area contributed by atoms with Crippen LogP contribution in [0.25, 0.3) is 0 Å². The number of hydrogen-bond donors (Lipinski definition) is 1. The Morgan fingerprint density at radius 2 is 1.29 bits per heavy atom. The molecule has 3 atom stereocenters. The topological polar surface area (TPSA) is 128 Å². The molecule has 220 valence electrons. The van der Waals surface area contributed by atoms with Gasteiger partial charge >= 0.3 is 17.9 Å². The number of likely N-dealkylation sites (N-methyl/N-ethyl adjacent to an activating group) is 1. The molecule has 2 aromatic heterocycles. The highest BCUT2D eigenvalue weighted by molar-refractivity contribution is 5.77. The second-order valence-corrected chi connectivity index (χ2v) is 9.19. The molecule has 0 radical (unpaired) electrons. The van der Waals surface area contributed by atoms with Crippen LogP contribution in [0.5, 0.6) is 0 Å². The summed E-state index contributed by atoms with van der Waals surface area (Å²) in [5, 5.41) is 9.59. The minimum Gasteiger partial charge on any atom is -0.466 e. The summed E-state index contributed by atoms with van der Waals surface area (Å²) in [4.78, 5) is 45.5. The number of esters is 3. The van der Waals surface area contributed by atoms with Gasteiger partial charge in [-0.1, -0.05) is 30.3 Å². The van der Waals surface area contributed by atoms with Crippen LogP contribution in [0, 0.1) is 0 Å². The highest BCUT2D eigenvalue weighted by Crippen LogP contribution is 2.23. The quantitative estimate of drug-likeness (QED) is 0.241. The van der Waals surface area contributed by atoms with Gasteiger partial charge in [-0.25, -0.2) is 0 Å². The fraction of sp³-hybridized carbons (Fsp3) is 0.387. The van der Waals surface area contributed by atoms with E-state index in [0.717, 1.165) is 5.56 Å². The van der Waals surface area contributed by atoms with Gasteiger partial charge in [0.2, 0.25) is 0 Å². The SMILES string of the molecule is CCOC(=O)CC(O)c1ccncc1.CCOC(=O)C[C@H](OC(=O)[C@H](Cc1ccccc1)N(C)C)c1ccncc1. The molecule has 0 aliphatic rings. The van der Waals surface area contributed by atoms with E-state index in [-0.39, 0.29) is 25.4 Å². The normalized spacial score (nSPS) is 12.7. The molecule has 0 spiro atoms. The Bertz CT molecular complexity index is 1180. The van der Waals surface area contributed by atoms with Crippen molar-refractivity contribution in [2.75, 3.05) is 27.3 Å². The number of benzene rings is 1. The molecule has 0 bridgehead atoms. The van der Waals surface area contributed by atoms with E-state index >= 15 is 0 Å². The lowest BCUT2D eigenvalue weighted by molar-refractivity contribution is -0.159. The monoisotopic (exact) mass is 565 g/mol. The van der Waals surface area contributed by atoms with E-state index in [0.29, 0.717) is 24.2 Å². The zero-order valence-corrected chi connectivity index (χ0v) is 24.0. The van der Waals surface area contributed by atoms with Gasteiger partial charge in [0.25, 0.3) is 0 Å². The van der Waals surface area contributed by atoms with Gasteiger partial charge in [0.05, 0.1) is 32.2 Å². The van der Waals surface area contributed by atoms with Crippen molar-refractivity contribution in [3.63, 3.8) is 0 Å². The first-order chi connectivity index (χ1) is 19.7. The number of aliphatic hydroxyl groups is 1. The number of ether oxygens (including phenoxy) is 3. The zero-order valence-electron chi connectivity index (χ0n) is 24.0. The number of aliphatic hydroxyl groups excluding tert-OH is 1. The lowest BCUT2D eigenvalue weighted by atomic mass is 10.0. The number of carbonyl (C=O) groups excluding carboxylic acids is 3. The molecule has 0 aliphatic heterocycles. The lowest BCUT2D eigenvalue weighted by Gasteiger charge is -2.26. The lowest BCUT2D eigenvalue weighted by Crippen LogP contribution is -2.39. The summed E-state index contributed by atoms with van der Waals surface area (Å²) in [7, 11) is 3.67. The summed E-state index contributed by atoms with van der Waals surface area (Å²) in [6.07, 6.45) is 5.31. The van der Waals surface area contributed by atoms with Crippen LogP contribution >= 0.6 is 0 Å². The van der Waals surface area contributed by atoms with E-state index in [4.69, 9.17) is 14.2 Å². The van der Waals surface area contributed by atoms with Crippen molar-refractivity contribution in [3.05, 3.63) is 96.1 Å². The molecule has 0 aliphatic carbocycles. The second kappa shape index (κ2) is 18.2. The molecule has 1 unspecified atom stereocenters. The van der Waals surface area contributed by atoms with Crippen LogP contribution in [-0.4, -0.2) is 71.2 Å². The predicted molar refractivity (Wildman–Crippen MR) is 152 cm³/mol. The zero-order chi connectivity index (χ0) is 30.0. The van der Waals surface area contributed by atoms with E-state index < -0.39 is 30.2 Å². The van der Waals surface area contributed by atoms with Crippen LogP contribution in [0.1, 0.15) is 55.6 Å². The summed E-state index contributed by atoms with van der Waals surface area (Å²) in [5.41, 5.74) is 2.43. The number of rotatable bonds is 13. The molecule has 10 nitrogen and oxygen atoms in total. The molecule has 1 aromatic carbocycles. The molecule has 0 fully saturated rings. The summed E-state index contributed by atoms with van der Waals surface area (Å²) in [6, 6.07) is 16.1. The summed E-state index contributed by atoms with van der Waals surface area (Å²) < 4.78 is 15.5. The van der Waals surface area contributed by atoms with Crippen LogP contribution in [0.15, 0.2) is 79.4 Å². The molecule has 2 heterocycles. The Hall–Kier alpha value is -4.15. The van der Waals surface area contributed by atoms with Crippen molar-refractivity contribution in [2.24, 2.45) is 0 Å². The van der Waals surface area contributed by atoms with E-state index in [1.165, 1.54) is 0 Å². The molecule has 1 N–H and O–H groups in total. The van der Waals surface area contributed by atoms with E-state index in [2.05, 4.69) is 9.97 Å². The third kappa shape index (κ3) is 12.3. The van der Waals surface area contributed by atoms with Crippen molar-refractivity contribution in [2.45, 2.75) is 51.4 Å². The van der Waals surface area contributed by atoms with E-state index in [1.807, 2.05) is 49.3 Å². The first-order valence-corrected chi connectivity index (χ1v) is 13.4. The van der Waals surface area contributed by atoms with Crippen LogP contribution in [-0.2, 0) is 35.0 Å². The van der Waals surface area contributed by atoms with Crippen molar-refractivity contribution in [1.29, 1.82) is 0 Å². The van der Waals surface area contributed by atoms with Crippen molar-refractivity contribution in [1.82, 2.24) is 14.9 Å². The third-order valence-electron chi connectivity index (χ3n) is 5.92. The van der Waals surface area contributed by atoms with Gasteiger partial charge in [0.15, 0.2) is 0 Å². The van der Waals surface area contributed by atoms with Crippen LogP contribution in [0.2, 0.25) is 0 Å². The van der Waals surface area contributed by atoms with Gasteiger partial charge in [-0.2, -0.15) is 0 Å². The average Bonchev–Trinajstić information content (AvgIpc) is 2.97. The molecule has 0 saturated carbocycles. The Kier molecular flexibility index (Phi) is 14.7. The number of hydrogen-bond acceptors (Lipinski definition) is 10. The molecule has 41 heavy (non-hydrogen) atoms. The Morgan fingerprint density at radius 3 is 1.80 bits per heavy atom. The smallest absolute Gasteiger partial charge is 0.324 e. The third-order valence-corrected chi connectivity index (χ3v) is 5.92. The maximum absolute atomic E-state index is 12.9. The molecule has 3 aromatic rings. The second-order valence-electron chi connectivity index (χ2n) is 9.19. The highest BCUT2D eigenvalue weighted by atomic mass is 16.6. The van der Waals surface area contributed by atoms with E-state index in [9.17, 15) is 19.5 Å². The Balaban J connectivity index is 0.000000353. The molecular formula is C31H39N3O7. The Morgan fingerprint density at radius 1 is 0.780 bits per heavy atom. The van der Waals surface area contributed by atoms with Gasteiger partial charge in [-0.05, 0) is 75.3 Å². The minimum atomic E-state index is -0.808. The first kappa shape index (κ1) is 33.1. The molecule has 0 saturated heterocycles. The van der Waals surface area contributed by atoms with Crippen LogP contribution in [0.4, 0.5) is 0 Å². The predicted octanol–water partition coefficient (Wildman–Crippen LogP) is 3.86. The summed E-state index contributed by atoms with van der Waals surface area (Å²) in [5.74, 6) is -1.18. The summed E-state index contributed by atoms with van der Waals surface area (Å²) in [6.45, 7) is 4.09. The number of carbonyl (C=O) groups is 3. The molecule has 3 rings (SSSR count). The van der Waals surface area contributed by atoms with Gasteiger partial charge in [0.1, 0.15) is 12.1 Å². The van der Waals surface area contributed by atoms with Crippen molar-refractivity contribution < 1.29 is 33.7 Å². The highest BCUT2D eigenvalue weighted by Gasteiger charge is 2.28. The number of pyridine rings is 2.